The van der Waals surface area contributed by atoms with E-state index in [4.69, 9.17) is 9.57 Å². The molecule has 1 aliphatic rings. The maximum absolute atomic E-state index is 11.6. The summed E-state index contributed by atoms with van der Waals surface area (Å²) in [6.45, 7) is 3.99. The fourth-order valence-corrected chi connectivity index (χ4v) is 2.35. The van der Waals surface area contributed by atoms with Gasteiger partial charge >= 0.3 is 0 Å². The number of benzene rings is 1. The maximum atomic E-state index is 11.6. The third-order valence-electron chi connectivity index (χ3n) is 3.21. The molecule has 0 heterocycles. The molecule has 1 N–H and O–H groups in total. The number of carbonyl (C=O) groups is 1. The van der Waals surface area contributed by atoms with Gasteiger partial charge in [0.15, 0.2) is 6.61 Å². The van der Waals surface area contributed by atoms with Gasteiger partial charge in [-0.25, -0.2) is 5.48 Å². The second-order valence-electron chi connectivity index (χ2n) is 5.16. The first-order chi connectivity index (χ1) is 9.13. The number of carbonyl (C=O) groups excluding carboxylic acids is 1. The number of nitrogens with one attached hydrogen (secondary N) is 1. The lowest BCUT2D eigenvalue weighted by Gasteiger charge is -2.12. The highest BCUT2D eigenvalue weighted by molar-refractivity contribution is 5.76. The Bertz CT molecular complexity index is 419. The number of hydrogen-bond acceptors (Lipinski definition) is 3. The van der Waals surface area contributed by atoms with Crippen LogP contribution in [0.25, 0.3) is 0 Å². The van der Waals surface area contributed by atoms with Crippen molar-refractivity contribution in [3.05, 3.63) is 29.3 Å². The van der Waals surface area contributed by atoms with Gasteiger partial charge in [-0.2, -0.15) is 0 Å². The van der Waals surface area contributed by atoms with Gasteiger partial charge in [0.2, 0.25) is 0 Å². The molecular weight excluding hydrogens is 242 g/mol. The molecule has 0 bridgehead atoms. The molecule has 0 atom stereocenters. The molecule has 1 aromatic carbocycles. The van der Waals surface area contributed by atoms with E-state index in [9.17, 15) is 4.79 Å². The van der Waals surface area contributed by atoms with Gasteiger partial charge < -0.3 is 4.74 Å². The van der Waals surface area contributed by atoms with Crippen LogP contribution in [0.15, 0.2) is 18.2 Å². The molecule has 1 aliphatic carbocycles. The minimum absolute atomic E-state index is 0.0182. The Labute approximate surface area is 114 Å². The highest BCUT2D eigenvalue weighted by Gasteiger charge is 2.16. The lowest BCUT2D eigenvalue weighted by molar-refractivity contribution is -0.140. The van der Waals surface area contributed by atoms with E-state index >= 15 is 0 Å². The average Bonchev–Trinajstić information content (AvgIpc) is 2.86. The topological polar surface area (TPSA) is 47.6 Å². The van der Waals surface area contributed by atoms with Crippen molar-refractivity contribution in [1.82, 2.24) is 5.48 Å². The molecule has 19 heavy (non-hydrogen) atoms. The standard InChI is InChI=1S/C15H21NO3/c1-11-7-12(2)9-14(8-11)18-10-15(17)16-19-13-5-3-4-6-13/h7-9,13H,3-6,10H2,1-2H3,(H,16,17). The summed E-state index contributed by atoms with van der Waals surface area (Å²) >= 11 is 0. The van der Waals surface area contributed by atoms with Crippen LogP contribution in [0.1, 0.15) is 36.8 Å². The first-order valence-electron chi connectivity index (χ1n) is 6.79. The minimum Gasteiger partial charge on any atom is -0.484 e. The zero-order valence-electron chi connectivity index (χ0n) is 11.6. The molecule has 0 saturated heterocycles. The van der Waals surface area contributed by atoms with Gasteiger partial charge in [0.25, 0.3) is 5.91 Å². The number of hydroxylamine groups is 1. The summed E-state index contributed by atoms with van der Waals surface area (Å²) in [5.41, 5.74) is 4.71. The Morgan fingerprint density at radius 2 is 1.84 bits per heavy atom. The molecule has 0 aromatic heterocycles. The van der Waals surface area contributed by atoms with Crippen molar-refractivity contribution in [2.45, 2.75) is 45.6 Å². The van der Waals surface area contributed by atoms with Gasteiger partial charge in [0.05, 0.1) is 6.10 Å². The van der Waals surface area contributed by atoms with Crippen LogP contribution in [0, 0.1) is 13.8 Å². The van der Waals surface area contributed by atoms with Crippen LogP contribution in [0.2, 0.25) is 0 Å². The molecule has 0 aliphatic heterocycles. The Morgan fingerprint density at radius 1 is 1.21 bits per heavy atom. The molecule has 1 saturated carbocycles. The van der Waals surface area contributed by atoms with Gasteiger partial charge in [-0.1, -0.05) is 18.9 Å². The third-order valence-corrected chi connectivity index (χ3v) is 3.21. The summed E-state index contributed by atoms with van der Waals surface area (Å²) < 4.78 is 5.45. The molecule has 0 spiro atoms. The quantitative estimate of drug-likeness (QED) is 0.831. The van der Waals surface area contributed by atoms with Gasteiger partial charge in [-0.3, -0.25) is 9.63 Å². The van der Waals surface area contributed by atoms with Crippen molar-refractivity contribution in [2.75, 3.05) is 6.61 Å². The van der Waals surface area contributed by atoms with Gasteiger partial charge in [0, 0.05) is 0 Å². The Kier molecular flexibility index (Phi) is 4.80. The van der Waals surface area contributed by atoms with Crippen LogP contribution < -0.4 is 10.2 Å². The van der Waals surface area contributed by atoms with Crippen molar-refractivity contribution < 1.29 is 14.4 Å². The highest BCUT2D eigenvalue weighted by atomic mass is 16.7. The second-order valence-corrected chi connectivity index (χ2v) is 5.16. The number of aryl methyl sites for hydroxylation is 2. The fraction of sp³-hybridized carbons (Fsp3) is 0.533. The highest BCUT2D eigenvalue weighted by Crippen LogP contribution is 2.20. The number of ether oxygens (including phenoxy) is 1. The van der Waals surface area contributed by atoms with Crippen molar-refractivity contribution >= 4 is 5.91 Å². The average molecular weight is 263 g/mol. The molecule has 4 heteroatoms. The van der Waals surface area contributed by atoms with E-state index in [0.717, 1.165) is 24.0 Å². The third kappa shape index (κ3) is 4.56. The molecule has 104 valence electrons. The van der Waals surface area contributed by atoms with Crippen LogP contribution >= 0.6 is 0 Å². The van der Waals surface area contributed by atoms with Crippen LogP contribution in [-0.2, 0) is 9.63 Å². The molecular formula is C15H21NO3. The van der Waals surface area contributed by atoms with Crippen LogP contribution in [0.4, 0.5) is 0 Å². The zero-order valence-corrected chi connectivity index (χ0v) is 11.6. The summed E-state index contributed by atoms with van der Waals surface area (Å²) in [7, 11) is 0. The van der Waals surface area contributed by atoms with E-state index < -0.39 is 0 Å². The zero-order chi connectivity index (χ0) is 13.7. The fourth-order valence-electron chi connectivity index (χ4n) is 2.35. The van der Waals surface area contributed by atoms with Crippen LogP contribution in [0.5, 0.6) is 5.75 Å². The largest absolute Gasteiger partial charge is 0.484 e. The van der Waals surface area contributed by atoms with E-state index in [1.807, 2.05) is 26.0 Å². The predicted molar refractivity (Wildman–Crippen MR) is 72.9 cm³/mol. The van der Waals surface area contributed by atoms with Gasteiger partial charge in [-0.15, -0.1) is 0 Å². The summed E-state index contributed by atoms with van der Waals surface area (Å²) in [4.78, 5) is 16.9. The smallest absolute Gasteiger partial charge is 0.281 e. The van der Waals surface area contributed by atoms with Crippen LogP contribution in [0.3, 0.4) is 0 Å². The monoisotopic (exact) mass is 263 g/mol. The van der Waals surface area contributed by atoms with Crippen molar-refractivity contribution in [1.29, 1.82) is 0 Å². The summed E-state index contributed by atoms with van der Waals surface area (Å²) in [6, 6.07) is 5.90. The van der Waals surface area contributed by atoms with Crippen molar-refractivity contribution in [3.63, 3.8) is 0 Å². The lowest BCUT2D eigenvalue weighted by Crippen LogP contribution is -2.32. The van der Waals surface area contributed by atoms with Crippen molar-refractivity contribution in [3.8, 4) is 5.75 Å². The summed E-state index contributed by atoms with van der Waals surface area (Å²) in [6.07, 6.45) is 4.58. The molecule has 4 nitrogen and oxygen atoms in total. The number of hydrogen-bond donors (Lipinski definition) is 1. The number of amides is 1. The second kappa shape index (κ2) is 6.57. The molecule has 1 aromatic rings. The molecule has 0 radical (unpaired) electrons. The Hall–Kier alpha value is -1.55. The summed E-state index contributed by atoms with van der Waals surface area (Å²) in [5, 5.41) is 0. The van der Waals surface area contributed by atoms with E-state index in [1.54, 1.807) is 0 Å². The Morgan fingerprint density at radius 3 is 2.47 bits per heavy atom. The van der Waals surface area contributed by atoms with Gasteiger partial charge in [-0.05, 0) is 49.9 Å². The van der Waals surface area contributed by atoms with E-state index in [0.29, 0.717) is 5.75 Å². The predicted octanol–water partition coefficient (Wildman–Crippen LogP) is 2.67. The van der Waals surface area contributed by atoms with Gasteiger partial charge in [0.1, 0.15) is 5.75 Å². The molecule has 1 amide bonds. The lowest BCUT2D eigenvalue weighted by atomic mass is 10.1. The Balaban J connectivity index is 1.73. The molecule has 1 fully saturated rings. The SMILES string of the molecule is Cc1cc(C)cc(OCC(=O)NOC2CCCC2)c1. The van der Waals surface area contributed by atoms with E-state index in [1.165, 1.54) is 12.8 Å². The minimum atomic E-state index is -0.244. The first-order valence-corrected chi connectivity index (χ1v) is 6.79. The summed E-state index contributed by atoms with van der Waals surface area (Å²) in [5.74, 6) is 0.472. The van der Waals surface area contributed by atoms with Crippen molar-refractivity contribution in [2.24, 2.45) is 0 Å². The van der Waals surface area contributed by atoms with Crippen LogP contribution in [-0.4, -0.2) is 18.6 Å². The molecule has 2 rings (SSSR count). The first kappa shape index (κ1) is 13.9. The van der Waals surface area contributed by atoms with E-state index in [-0.39, 0.29) is 18.6 Å². The van der Waals surface area contributed by atoms with E-state index in [2.05, 4.69) is 11.5 Å². The molecule has 0 unspecified atom stereocenters. The normalized spacial score (nSPS) is 15.5. The maximum Gasteiger partial charge on any atom is 0.281 e. The number of rotatable bonds is 5.